The highest BCUT2D eigenvalue weighted by Crippen LogP contribution is 2.24. The summed E-state index contributed by atoms with van der Waals surface area (Å²) in [7, 11) is 2.25. The number of nitrogens with one attached hydrogen (secondary N) is 1. The van der Waals surface area contributed by atoms with Crippen LogP contribution >= 0.6 is 0 Å². The molecule has 1 fully saturated rings. The van der Waals surface area contributed by atoms with E-state index in [1.807, 2.05) is 0 Å². The molecule has 0 amide bonds. The third-order valence-electron chi connectivity index (χ3n) is 4.12. The summed E-state index contributed by atoms with van der Waals surface area (Å²) in [6, 6.07) is 10.6. The maximum atomic E-state index is 3.46. The van der Waals surface area contributed by atoms with E-state index >= 15 is 0 Å². The van der Waals surface area contributed by atoms with Gasteiger partial charge in [-0.25, -0.2) is 0 Å². The van der Waals surface area contributed by atoms with Gasteiger partial charge in [0.1, 0.15) is 0 Å². The number of nitrogens with zero attached hydrogens (tertiary/aromatic N) is 1. The Morgan fingerprint density at radius 2 is 1.79 bits per heavy atom. The Bertz CT molecular complexity index is 365. The van der Waals surface area contributed by atoms with Crippen molar-refractivity contribution in [1.29, 1.82) is 0 Å². The van der Waals surface area contributed by atoms with Crippen LogP contribution in [0.15, 0.2) is 24.3 Å². The number of hydrogen-bond acceptors (Lipinski definition) is 2. The molecule has 19 heavy (non-hydrogen) atoms. The molecule has 0 atom stereocenters. The van der Waals surface area contributed by atoms with Crippen molar-refractivity contribution >= 4 is 0 Å². The fourth-order valence-electron chi connectivity index (χ4n) is 2.56. The first kappa shape index (κ1) is 14.5. The minimum absolute atomic E-state index is 0.579. The van der Waals surface area contributed by atoms with Crippen molar-refractivity contribution in [2.45, 2.75) is 58.2 Å². The van der Waals surface area contributed by atoms with E-state index in [2.05, 4.69) is 55.4 Å². The molecule has 106 valence electrons. The quantitative estimate of drug-likeness (QED) is 0.810. The molecular weight excluding hydrogens is 232 g/mol. The van der Waals surface area contributed by atoms with E-state index < -0.39 is 0 Å². The first-order valence-corrected chi connectivity index (χ1v) is 7.66. The molecule has 0 bridgehead atoms. The number of benzene rings is 1. The zero-order valence-corrected chi connectivity index (χ0v) is 12.7. The topological polar surface area (TPSA) is 15.3 Å². The predicted molar refractivity (Wildman–Crippen MR) is 82.4 cm³/mol. The maximum absolute atomic E-state index is 3.46. The summed E-state index contributed by atoms with van der Waals surface area (Å²) in [6.07, 6.45) is 5.30. The van der Waals surface area contributed by atoms with Gasteiger partial charge in [0.05, 0.1) is 0 Å². The molecule has 0 radical (unpaired) electrons. The van der Waals surface area contributed by atoms with Crippen LogP contribution in [0, 0.1) is 0 Å². The largest absolute Gasteiger partial charge is 0.314 e. The zero-order valence-electron chi connectivity index (χ0n) is 12.7. The standard InChI is InChI=1S/C17H28N2/c1-14(2)18-12-11-15-7-9-16(10-8-15)13-19(3)17-5-4-6-17/h7-10,14,17-18H,4-6,11-13H2,1-3H3. The first-order valence-electron chi connectivity index (χ1n) is 7.66. The van der Waals surface area contributed by atoms with Crippen molar-refractivity contribution in [1.82, 2.24) is 10.2 Å². The lowest BCUT2D eigenvalue weighted by Gasteiger charge is -2.34. The number of rotatable bonds is 7. The lowest BCUT2D eigenvalue weighted by Crippen LogP contribution is -2.36. The summed E-state index contributed by atoms with van der Waals surface area (Å²) in [5, 5.41) is 3.46. The molecule has 2 rings (SSSR count). The van der Waals surface area contributed by atoms with Gasteiger partial charge in [-0.15, -0.1) is 0 Å². The van der Waals surface area contributed by atoms with E-state index in [9.17, 15) is 0 Å². The van der Waals surface area contributed by atoms with Gasteiger partial charge in [0.25, 0.3) is 0 Å². The summed E-state index contributed by atoms with van der Waals surface area (Å²) >= 11 is 0. The molecule has 0 aliphatic heterocycles. The molecule has 1 N–H and O–H groups in total. The molecule has 2 heteroatoms. The van der Waals surface area contributed by atoms with E-state index in [1.165, 1.54) is 30.4 Å². The van der Waals surface area contributed by atoms with Gasteiger partial charge in [0, 0.05) is 18.6 Å². The summed E-state index contributed by atoms with van der Waals surface area (Å²) in [5.41, 5.74) is 2.87. The lowest BCUT2D eigenvalue weighted by atomic mass is 9.91. The van der Waals surface area contributed by atoms with Gasteiger partial charge in [-0.05, 0) is 44.0 Å². The van der Waals surface area contributed by atoms with Gasteiger partial charge in [-0.2, -0.15) is 0 Å². The van der Waals surface area contributed by atoms with Crippen LogP contribution in [0.3, 0.4) is 0 Å². The SMILES string of the molecule is CC(C)NCCc1ccc(CN(C)C2CCC2)cc1. The lowest BCUT2D eigenvalue weighted by molar-refractivity contribution is 0.152. The monoisotopic (exact) mass is 260 g/mol. The fourth-order valence-corrected chi connectivity index (χ4v) is 2.56. The average Bonchev–Trinajstić information content (AvgIpc) is 2.28. The van der Waals surface area contributed by atoms with Gasteiger partial charge >= 0.3 is 0 Å². The second-order valence-electron chi connectivity index (χ2n) is 6.18. The molecule has 2 nitrogen and oxygen atoms in total. The average molecular weight is 260 g/mol. The van der Waals surface area contributed by atoms with E-state index in [-0.39, 0.29) is 0 Å². The van der Waals surface area contributed by atoms with Crippen LogP contribution in [0.4, 0.5) is 0 Å². The minimum Gasteiger partial charge on any atom is -0.314 e. The molecule has 1 aliphatic rings. The molecule has 1 saturated carbocycles. The van der Waals surface area contributed by atoms with Crippen LogP contribution < -0.4 is 5.32 Å². The Balaban J connectivity index is 1.77. The van der Waals surface area contributed by atoms with Gasteiger partial charge < -0.3 is 5.32 Å². The molecule has 0 aromatic heterocycles. The third-order valence-corrected chi connectivity index (χ3v) is 4.12. The molecule has 1 aliphatic carbocycles. The minimum atomic E-state index is 0.579. The molecule has 1 aromatic carbocycles. The van der Waals surface area contributed by atoms with E-state index in [0.29, 0.717) is 6.04 Å². The first-order chi connectivity index (χ1) is 9.15. The van der Waals surface area contributed by atoms with Crippen molar-refractivity contribution < 1.29 is 0 Å². The maximum Gasteiger partial charge on any atom is 0.0233 e. The van der Waals surface area contributed by atoms with Crippen molar-refractivity contribution in [3.05, 3.63) is 35.4 Å². The fraction of sp³-hybridized carbons (Fsp3) is 0.647. The molecule has 0 saturated heterocycles. The van der Waals surface area contributed by atoms with Crippen LogP contribution in [-0.4, -0.2) is 30.6 Å². The summed E-state index contributed by atoms with van der Waals surface area (Å²) in [5.74, 6) is 0. The summed E-state index contributed by atoms with van der Waals surface area (Å²) in [6.45, 7) is 6.55. The molecule has 1 aromatic rings. The van der Waals surface area contributed by atoms with Gasteiger partial charge in [0.15, 0.2) is 0 Å². The Morgan fingerprint density at radius 1 is 1.16 bits per heavy atom. The van der Waals surface area contributed by atoms with Crippen LogP contribution in [0.5, 0.6) is 0 Å². The van der Waals surface area contributed by atoms with Crippen molar-refractivity contribution in [2.24, 2.45) is 0 Å². The molecule has 0 unspecified atom stereocenters. The Morgan fingerprint density at radius 3 is 2.32 bits per heavy atom. The Kier molecular flexibility index (Phi) is 5.41. The van der Waals surface area contributed by atoms with E-state index in [0.717, 1.165) is 25.6 Å². The molecule has 0 heterocycles. The summed E-state index contributed by atoms with van der Waals surface area (Å²) < 4.78 is 0. The smallest absolute Gasteiger partial charge is 0.0233 e. The van der Waals surface area contributed by atoms with Gasteiger partial charge in [-0.3, -0.25) is 4.90 Å². The summed E-state index contributed by atoms with van der Waals surface area (Å²) in [4.78, 5) is 2.50. The predicted octanol–water partition coefficient (Wildman–Crippen LogP) is 3.21. The molecular formula is C17H28N2. The second-order valence-corrected chi connectivity index (χ2v) is 6.18. The van der Waals surface area contributed by atoms with Crippen LogP contribution in [-0.2, 0) is 13.0 Å². The van der Waals surface area contributed by atoms with Gasteiger partial charge in [-0.1, -0.05) is 44.5 Å². The highest BCUT2D eigenvalue weighted by atomic mass is 15.1. The van der Waals surface area contributed by atoms with Gasteiger partial charge in [0.2, 0.25) is 0 Å². The normalized spacial score (nSPS) is 16.1. The van der Waals surface area contributed by atoms with Crippen LogP contribution in [0.2, 0.25) is 0 Å². The zero-order chi connectivity index (χ0) is 13.7. The number of hydrogen-bond donors (Lipinski definition) is 1. The van der Waals surface area contributed by atoms with Crippen molar-refractivity contribution in [2.75, 3.05) is 13.6 Å². The highest BCUT2D eigenvalue weighted by molar-refractivity contribution is 5.22. The van der Waals surface area contributed by atoms with E-state index in [1.54, 1.807) is 0 Å². The van der Waals surface area contributed by atoms with Crippen LogP contribution in [0.25, 0.3) is 0 Å². The highest BCUT2D eigenvalue weighted by Gasteiger charge is 2.21. The second kappa shape index (κ2) is 7.06. The van der Waals surface area contributed by atoms with Crippen molar-refractivity contribution in [3.63, 3.8) is 0 Å². The Labute approximate surface area is 118 Å². The van der Waals surface area contributed by atoms with Crippen LogP contribution in [0.1, 0.15) is 44.2 Å². The Hall–Kier alpha value is -0.860. The molecule has 0 spiro atoms. The third kappa shape index (κ3) is 4.63. The van der Waals surface area contributed by atoms with Crippen molar-refractivity contribution in [3.8, 4) is 0 Å². The van der Waals surface area contributed by atoms with E-state index in [4.69, 9.17) is 0 Å².